The van der Waals surface area contributed by atoms with E-state index < -0.39 is 49.5 Å². The molecule has 1 N–H and O–H groups in total. The Morgan fingerprint density at radius 1 is 0.981 bits per heavy atom. The molecule has 1 unspecified atom stereocenters. The van der Waals surface area contributed by atoms with Crippen LogP contribution in [0.4, 0.5) is 14.9 Å². The quantitative estimate of drug-likeness (QED) is 0.325. The first-order valence-electron chi connectivity index (χ1n) is 16.9. The number of methoxy groups -OCH3 is 2. The SMILES string of the molecule is CCOc1ccccc1C1(NC(=O)ON2CCC(N3CCN(C)CC3)CC2)C(=O)N(S(=O)(=O)c2ccc(OC)cc2OC)c2cc(F)c(C#N)cc21. The van der Waals surface area contributed by atoms with E-state index in [4.69, 9.17) is 19.0 Å². The van der Waals surface area contributed by atoms with E-state index in [0.29, 0.717) is 23.4 Å². The average molecular weight is 737 g/mol. The van der Waals surface area contributed by atoms with Gasteiger partial charge in [-0.1, -0.05) is 18.2 Å². The van der Waals surface area contributed by atoms with E-state index >= 15 is 9.18 Å². The maximum Gasteiger partial charge on any atom is 0.427 e. The Morgan fingerprint density at radius 2 is 1.69 bits per heavy atom. The Bertz CT molecular complexity index is 1990. The second kappa shape index (κ2) is 15.0. The molecule has 0 radical (unpaired) electrons. The summed E-state index contributed by atoms with van der Waals surface area (Å²) in [4.78, 5) is 39.2. The molecule has 276 valence electrons. The van der Waals surface area contributed by atoms with Gasteiger partial charge in [0, 0.05) is 68.6 Å². The van der Waals surface area contributed by atoms with Crippen molar-refractivity contribution in [1.29, 1.82) is 5.26 Å². The van der Waals surface area contributed by atoms with Crippen molar-refractivity contribution >= 4 is 27.7 Å². The lowest BCUT2D eigenvalue weighted by Gasteiger charge is -2.41. The third-order valence-electron chi connectivity index (χ3n) is 9.79. The zero-order chi connectivity index (χ0) is 37.2. The monoisotopic (exact) mass is 736 g/mol. The highest BCUT2D eigenvalue weighted by Crippen LogP contribution is 2.50. The summed E-state index contributed by atoms with van der Waals surface area (Å²) in [6.45, 7) is 6.61. The molecule has 3 heterocycles. The lowest BCUT2D eigenvalue weighted by atomic mass is 9.82. The van der Waals surface area contributed by atoms with E-state index in [-0.39, 0.29) is 35.0 Å². The number of halogens is 1. The summed E-state index contributed by atoms with van der Waals surface area (Å²) in [5.74, 6) is -1.99. The molecular formula is C36H41FN6O8S. The number of amides is 2. The van der Waals surface area contributed by atoms with Crippen LogP contribution in [0.15, 0.2) is 59.5 Å². The van der Waals surface area contributed by atoms with Gasteiger partial charge in [-0.05, 0) is 51.1 Å². The van der Waals surface area contributed by atoms with Gasteiger partial charge in [-0.25, -0.2) is 17.6 Å². The Labute approximate surface area is 302 Å². The Balaban J connectivity index is 1.43. The molecule has 1 atom stereocenters. The van der Waals surface area contributed by atoms with Crippen LogP contribution in [0.25, 0.3) is 0 Å². The van der Waals surface area contributed by atoms with Crippen LogP contribution in [-0.2, 0) is 25.2 Å². The van der Waals surface area contributed by atoms with E-state index in [0.717, 1.165) is 51.2 Å². The summed E-state index contributed by atoms with van der Waals surface area (Å²) < 4.78 is 61.5. The molecule has 2 amide bonds. The first-order valence-corrected chi connectivity index (χ1v) is 18.4. The van der Waals surface area contributed by atoms with Crippen molar-refractivity contribution in [2.45, 2.75) is 36.2 Å². The molecule has 6 rings (SSSR count). The number of hydrogen-bond donors (Lipinski definition) is 1. The predicted octanol–water partition coefficient (Wildman–Crippen LogP) is 3.45. The van der Waals surface area contributed by atoms with E-state index in [1.165, 1.54) is 43.5 Å². The fourth-order valence-corrected chi connectivity index (χ4v) is 8.70. The van der Waals surface area contributed by atoms with Gasteiger partial charge in [0.25, 0.3) is 15.9 Å². The van der Waals surface area contributed by atoms with Crippen LogP contribution in [0.2, 0.25) is 0 Å². The van der Waals surface area contributed by atoms with Crippen molar-refractivity contribution in [3.63, 3.8) is 0 Å². The zero-order valence-corrected chi connectivity index (χ0v) is 30.2. The molecular weight excluding hydrogens is 695 g/mol. The Morgan fingerprint density at radius 3 is 2.35 bits per heavy atom. The number of hydrogen-bond acceptors (Lipinski definition) is 12. The highest BCUT2D eigenvalue weighted by molar-refractivity contribution is 7.93. The number of fused-ring (bicyclic) bond motifs is 1. The standard InChI is InChI=1S/C36H41FN6O8S/c1-5-50-31-9-7-6-8-27(31)36(39-35(45)51-42-14-12-25(13-15-42)41-18-16-40(2)17-19-41)28-20-24(23-38)29(37)22-30(28)43(34(36)44)52(46,47)33-11-10-26(48-3)21-32(33)49-4/h6-11,20-22,25H,5,12-19H2,1-4H3,(H,39,45). The van der Waals surface area contributed by atoms with E-state index in [9.17, 15) is 18.5 Å². The number of anilines is 1. The number of hydroxylamine groups is 2. The highest BCUT2D eigenvalue weighted by atomic mass is 32.2. The number of nitriles is 1. The van der Waals surface area contributed by atoms with Crippen LogP contribution in [0.3, 0.4) is 0 Å². The molecule has 3 aromatic rings. The van der Waals surface area contributed by atoms with Gasteiger partial charge in [-0.3, -0.25) is 15.0 Å². The molecule has 0 saturated carbocycles. The van der Waals surface area contributed by atoms with Gasteiger partial charge < -0.3 is 23.9 Å². The molecule has 0 bridgehead atoms. The van der Waals surface area contributed by atoms with Crippen molar-refractivity contribution in [2.75, 3.05) is 71.4 Å². The maximum absolute atomic E-state index is 15.4. The van der Waals surface area contributed by atoms with Crippen molar-refractivity contribution in [2.24, 2.45) is 0 Å². The molecule has 14 nitrogen and oxygen atoms in total. The number of rotatable bonds is 10. The van der Waals surface area contributed by atoms with Crippen molar-refractivity contribution in [1.82, 2.24) is 20.2 Å². The second-order valence-corrected chi connectivity index (χ2v) is 14.5. The fourth-order valence-electron chi connectivity index (χ4n) is 7.10. The summed E-state index contributed by atoms with van der Waals surface area (Å²) in [7, 11) is -0.149. The lowest BCUT2D eigenvalue weighted by Crippen LogP contribution is -2.56. The topological polar surface area (TPSA) is 154 Å². The van der Waals surface area contributed by atoms with Crippen LogP contribution in [-0.4, -0.2) is 108 Å². The average Bonchev–Trinajstić information content (AvgIpc) is 3.38. The summed E-state index contributed by atoms with van der Waals surface area (Å²) in [6.07, 6.45) is 0.433. The summed E-state index contributed by atoms with van der Waals surface area (Å²) in [5, 5.41) is 14.0. The van der Waals surface area contributed by atoms with Gasteiger partial charge in [0.05, 0.1) is 32.1 Å². The van der Waals surface area contributed by atoms with Gasteiger partial charge in [0.15, 0.2) is 5.54 Å². The lowest BCUT2D eigenvalue weighted by molar-refractivity contribution is -0.130. The van der Waals surface area contributed by atoms with Crippen LogP contribution >= 0.6 is 0 Å². The van der Waals surface area contributed by atoms with E-state index in [1.54, 1.807) is 31.2 Å². The molecule has 0 spiro atoms. The van der Waals surface area contributed by atoms with Gasteiger partial charge >= 0.3 is 6.09 Å². The van der Waals surface area contributed by atoms with Crippen molar-refractivity contribution in [3.05, 3.63) is 77.1 Å². The normalized spacial score (nSPS) is 20.2. The van der Waals surface area contributed by atoms with Crippen LogP contribution < -0.4 is 23.8 Å². The van der Waals surface area contributed by atoms with E-state index in [1.807, 2.05) is 0 Å². The van der Waals surface area contributed by atoms with Crippen LogP contribution in [0.5, 0.6) is 17.2 Å². The number of nitrogens with zero attached hydrogens (tertiary/aromatic N) is 5. The number of piperidine rings is 1. The number of nitrogens with one attached hydrogen (secondary N) is 1. The molecule has 0 aromatic heterocycles. The second-order valence-electron chi connectivity index (χ2n) is 12.7. The van der Waals surface area contributed by atoms with E-state index in [2.05, 4.69) is 22.2 Å². The van der Waals surface area contributed by atoms with Gasteiger partial charge in [0.1, 0.15) is 34.0 Å². The number of sulfonamides is 1. The first kappa shape index (κ1) is 36.8. The third-order valence-corrected chi connectivity index (χ3v) is 11.5. The molecule has 3 aliphatic heterocycles. The molecule has 3 aromatic carbocycles. The molecule has 3 aliphatic rings. The summed E-state index contributed by atoms with van der Waals surface area (Å²) in [6, 6.07) is 14.1. The van der Waals surface area contributed by atoms with Crippen LogP contribution in [0, 0.1) is 17.1 Å². The fraction of sp³-hybridized carbons (Fsp3) is 0.417. The summed E-state index contributed by atoms with van der Waals surface area (Å²) >= 11 is 0. The minimum atomic E-state index is -4.89. The number of piperazine rings is 1. The predicted molar refractivity (Wildman–Crippen MR) is 187 cm³/mol. The zero-order valence-electron chi connectivity index (χ0n) is 29.4. The van der Waals surface area contributed by atoms with Crippen molar-refractivity contribution < 1.29 is 41.4 Å². The minimum Gasteiger partial charge on any atom is -0.497 e. The number of carbonyl (C=O) groups is 2. The minimum absolute atomic E-state index is 0.0451. The number of carbonyl (C=O) groups excluding carboxylic acids is 2. The number of ether oxygens (including phenoxy) is 3. The van der Waals surface area contributed by atoms with Gasteiger partial charge in [-0.15, -0.1) is 5.06 Å². The number of likely N-dealkylation sites (N-methyl/N-ethyl adjacent to an activating group) is 1. The number of benzene rings is 3. The molecule has 52 heavy (non-hydrogen) atoms. The largest absolute Gasteiger partial charge is 0.497 e. The highest BCUT2D eigenvalue weighted by Gasteiger charge is 2.59. The smallest absolute Gasteiger partial charge is 0.427 e. The first-order chi connectivity index (χ1) is 25.0. The third kappa shape index (κ3) is 6.60. The molecule has 0 aliphatic carbocycles. The molecule has 2 saturated heterocycles. The maximum atomic E-state index is 15.4. The van der Waals surface area contributed by atoms with Crippen molar-refractivity contribution in [3.8, 4) is 23.3 Å². The Kier molecular flexibility index (Phi) is 10.6. The summed E-state index contributed by atoms with van der Waals surface area (Å²) in [5.41, 5.74) is -3.39. The van der Waals surface area contributed by atoms with Gasteiger partial charge in [0.2, 0.25) is 0 Å². The Hall–Kier alpha value is -4.95. The van der Waals surface area contributed by atoms with Crippen LogP contribution in [0.1, 0.15) is 36.5 Å². The molecule has 2 fully saturated rings. The molecule has 16 heteroatoms. The number of para-hydroxylation sites is 1. The van der Waals surface area contributed by atoms with Gasteiger partial charge in [-0.2, -0.15) is 9.57 Å².